The highest BCUT2D eigenvalue weighted by molar-refractivity contribution is 6.00. The number of methoxy groups -OCH3 is 3. The van der Waals surface area contributed by atoms with Crippen LogP contribution in [0, 0.1) is 0 Å². The van der Waals surface area contributed by atoms with Crippen LogP contribution in [-0.4, -0.2) is 33.3 Å². The highest BCUT2D eigenvalue weighted by atomic mass is 19.4. The Morgan fingerprint density at radius 2 is 1.50 bits per heavy atom. The minimum Gasteiger partial charge on any atom is -0.493 e. The first-order valence-electron chi connectivity index (χ1n) is 10.8. The lowest BCUT2D eigenvalue weighted by Gasteiger charge is -2.31. The molecule has 1 aliphatic heterocycles. The van der Waals surface area contributed by atoms with E-state index in [0.29, 0.717) is 17.1 Å². The van der Waals surface area contributed by atoms with Crippen LogP contribution in [0.5, 0.6) is 11.5 Å². The van der Waals surface area contributed by atoms with Crippen LogP contribution in [-0.2, 0) is 31.8 Å². The first-order chi connectivity index (χ1) is 17.0. The van der Waals surface area contributed by atoms with Crippen LogP contribution < -0.4 is 14.8 Å². The van der Waals surface area contributed by atoms with Crippen LogP contribution in [0.15, 0.2) is 65.0 Å². The molecule has 0 aliphatic carbocycles. The molecule has 0 aromatic heterocycles. The molecule has 0 fully saturated rings. The van der Waals surface area contributed by atoms with Gasteiger partial charge in [0.1, 0.15) is 6.61 Å². The van der Waals surface area contributed by atoms with E-state index in [4.69, 9.17) is 18.9 Å². The fraction of sp³-hybridized carbons (Fsp3) is 0.308. The van der Waals surface area contributed by atoms with Gasteiger partial charge in [-0.15, -0.1) is 0 Å². The highest BCUT2D eigenvalue weighted by Crippen LogP contribution is 2.44. The molecule has 0 saturated carbocycles. The second-order valence-corrected chi connectivity index (χ2v) is 7.98. The van der Waals surface area contributed by atoms with E-state index < -0.39 is 29.6 Å². The fourth-order valence-corrected chi connectivity index (χ4v) is 4.16. The van der Waals surface area contributed by atoms with Crippen LogP contribution in [0.4, 0.5) is 13.2 Å². The van der Waals surface area contributed by atoms with E-state index in [2.05, 4.69) is 5.32 Å². The van der Waals surface area contributed by atoms with Crippen molar-refractivity contribution in [3.63, 3.8) is 0 Å². The molecule has 10 heteroatoms. The predicted octanol–water partition coefficient (Wildman–Crippen LogP) is 4.87. The average molecular weight is 505 g/mol. The van der Waals surface area contributed by atoms with E-state index in [0.717, 1.165) is 13.2 Å². The van der Waals surface area contributed by atoms with E-state index in [1.165, 1.54) is 46.3 Å². The van der Waals surface area contributed by atoms with Crippen molar-refractivity contribution in [3.8, 4) is 11.5 Å². The Morgan fingerprint density at radius 1 is 0.889 bits per heavy atom. The van der Waals surface area contributed by atoms with Crippen LogP contribution in [0.2, 0.25) is 0 Å². The second-order valence-electron chi connectivity index (χ2n) is 7.98. The first kappa shape index (κ1) is 26.7. The molecule has 0 saturated heterocycles. The lowest BCUT2D eigenvalue weighted by atomic mass is 9.78. The van der Waals surface area contributed by atoms with E-state index in [1.807, 2.05) is 0 Å². The molecular weight excluding hydrogens is 479 g/mol. The number of ether oxygens (including phenoxy) is 4. The molecular formula is C26H26F3NO6. The predicted molar refractivity (Wildman–Crippen MR) is 124 cm³/mol. The summed E-state index contributed by atoms with van der Waals surface area (Å²) < 4.78 is 62.6. The normalized spacial score (nSPS) is 15.8. The Balaban J connectivity index is 2.05. The Morgan fingerprint density at radius 3 is 2.08 bits per heavy atom. The van der Waals surface area contributed by atoms with Gasteiger partial charge in [0.05, 0.1) is 44.0 Å². The minimum atomic E-state index is -4.72. The summed E-state index contributed by atoms with van der Waals surface area (Å²) in [6, 6.07) is 9.72. The number of carbonyl (C=O) groups excluding carboxylic acids is 2. The molecule has 2 aromatic carbocycles. The zero-order valence-electron chi connectivity index (χ0n) is 20.4. The Kier molecular flexibility index (Phi) is 7.96. The molecule has 0 radical (unpaired) electrons. The van der Waals surface area contributed by atoms with Gasteiger partial charge in [-0.05, 0) is 43.2 Å². The van der Waals surface area contributed by atoms with Gasteiger partial charge in [0.25, 0.3) is 0 Å². The van der Waals surface area contributed by atoms with Gasteiger partial charge in [-0.2, -0.15) is 13.2 Å². The van der Waals surface area contributed by atoms with E-state index in [9.17, 15) is 22.8 Å². The van der Waals surface area contributed by atoms with Crippen LogP contribution in [0.25, 0.3) is 0 Å². The van der Waals surface area contributed by atoms with Crippen molar-refractivity contribution in [3.05, 3.63) is 81.7 Å². The number of alkyl halides is 3. The maximum Gasteiger partial charge on any atom is 0.416 e. The van der Waals surface area contributed by atoms with Crippen molar-refractivity contribution in [2.24, 2.45) is 0 Å². The molecule has 192 valence electrons. The second kappa shape index (κ2) is 10.8. The largest absolute Gasteiger partial charge is 0.493 e. The molecule has 2 aromatic rings. The van der Waals surface area contributed by atoms with Crippen LogP contribution in [0.1, 0.15) is 36.5 Å². The number of allylic oxidation sites excluding steroid dienone is 2. The van der Waals surface area contributed by atoms with Gasteiger partial charge in [0.2, 0.25) is 0 Å². The van der Waals surface area contributed by atoms with Gasteiger partial charge in [-0.1, -0.05) is 24.3 Å². The monoisotopic (exact) mass is 505 g/mol. The van der Waals surface area contributed by atoms with Gasteiger partial charge >= 0.3 is 18.1 Å². The summed E-state index contributed by atoms with van der Waals surface area (Å²) in [4.78, 5) is 26.0. The number of carbonyl (C=O) groups is 2. The molecule has 1 N–H and O–H groups in total. The molecule has 0 unspecified atom stereocenters. The molecule has 3 rings (SSSR count). The molecule has 0 amide bonds. The van der Waals surface area contributed by atoms with Gasteiger partial charge < -0.3 is 24.3 Å². The maximum atomic E-state index is 13.9. The van der Waals surface area contributed by atoms with Crippen molar-refractivity contribution in [1.82, 2.24) is 5.32 Å². The maximum absolute atomic E-state index is 13.9. The lowest BCUT2D eigenvalue weighted by Crippen LogP contribution is -2.33. The Bertz CT molecular complexity index is 1230. The van der Waals surface area contributed by atoms with Gasteiger partial charge in [-0.3, -0.25) is 0 Å². The SMILES string of the molecule is COC(=O)C1=C(C)NC(C)=C(C(=O)OCc2ccc(OC)c(OC)c2)[C@H]1c1ccccc1C(F)(F)F. The number of rotatable bonds is 7. The number of esters is 2. The summed E-state index contributed by atoms with van der Waals surface area (Å²) in [7, 11) is 4.06. The summed E-state index contributed by atoms with van der Waals surface area (Å²) in [6.07, 6.45) is -4.72. The number of hydrogen-bond acceptors (Lipinski definition) is 7. The molecule has 1 aliphatic rings. The van der Waals surface area contributed by atoms with Gasteiger partial charge in [-0.25, -0.2) is 9.59 Å². The van der Waals surface area contributed by atoms with E-state index in [1.54, 1.807) is 18.2 Å². The summed E-state index contributed by atoms with van der Waals surface area (Å²) in [5, 5.41) is 2.90. The molecule has 0 bridgehead atoms. The zero-order chi connectivity index (χ0) is 26.6. The molecule has 0 spiro atoms. The summed E-state index contributed by atoms with van der Waals surface area (Å²) in [5.74, 6) is -2.21. The van der Waals surface area contributed by atoms with E-state index in [-0.39, 0.29) is 34.7 Å². The number of benzene rings is 2. The number of halogens is 3. The molecule has 36 heavy (non-hydrogen) atoms. The highest BCUT2D eigenvalue weighted by Gasteiger charge is 2.43. The molecule has 1 atom stereocenters. The Hall–Kier alpha value is -3.95. The lowest BCUT2D eigenvalue weighted by molar-refractivity contribution is -0.142. The zero-order valence-corrected chi connectivity index (χ0v) is 20.4. The summed E-state index contributed by atoms with van der Waals surface area (Å²) in [6.45, 7) is 2.87. The smallest absolute Gasteiger partial charge is 0.416 e. The number of nitrogens with one attached hydrogen (secondary N) is 1. The fourth-order valence-electron chi connectivity index (χ4n) is 4.16. The average Bonchev–Trinajstić information content (AvgIpc) is 2.85. The van der Waals surface area contributed by atoms with Crippen molar-refractivity contribution in [2.75, 3.05) is 21.3 Å². The Labute approximate surface area is 206 Å². The van der Waals surface area contributed by atoms with Crippen molar-refractivity contribution >= 4 is 11.9 Å². The van der Waals surface area contributed by atoms with Crippen LogP contribution >= 0.6 is 0 Å². The van der Waals surface area contributed by atoms with Crippen molar-refractivity contribution < 1.29 is 41.7 Å². The minimum absolute atomic E-state index is 0.113. The van der Waals surface area contributed by atoms with Gasteiger partial charge in [0.15, 0.2) is 11.5 Å². The standard InChI is InChI=1S/C26H26F3NO6/c1-14-21(24(31)35-5)23(17-8-6-7-9-18(17)26(27,28)29)22(15(2)30-14)25(32)36-13-16-10-11-19(33-3)20(12-16)34-4/h6-12,23,30H,13H2,1-5H3/t23-/m0/s1. The number of dihydropyridines is 1. The van der Waals surface area contributed by atoms with Gasteiger partial charge in [0, 0.05) is 11.4 Å². The third-order valence-electron chi connectivity index (χ3n) is 5.78. The third-order valence-corrected chi connectivity index (χ3v) is 5.78. The summed E-state index contributed by atoms with van der Waals surface area (Å²) in [5.41, 5.74) is -0.365. The van der Waals surface area contributed by atoms with Crippen molar-refractivity contribution in [1.29, 1.82) is 0 Å². The van der Waals surface area contributed by atoms with Crippen molar-refractivity contribution in [2.45, 2.75) is 32.5 Å². The molecule has 7 nitrogen and oxygen atoms in total. The topological polar surface area (TPSA) is 83.1 Å². The van der Waals surface area contributed by atoms with Crippen LogP contribution in [0.3, 0.4) is 0 Å². The quantitative estimate of drug-likeness (QED) is 0.538. The van der Waals surface area contributed by atoms with E-state index >= 15 is 0 Å². The third kappa shape index (κ3) is 5.32. The number of hydrogen-bond donors (Lipinski definition) is 1. The molecule has 1 heterocycles. The first-order valence-corrected chi connectivity index (χ1v) is 10.8. The summed E-state index contributed by atoms with van der Waals surface area (Å²) >= 11 is 0.